The first-order valence-corrected chi connectivity index (χ1v) is 13.1. The van der Waals surface area contributed by atoms with Gasteiger partial charge in [0.15, 0.2) is 5.78 Å². The van der Waals surface area contributed by atoms with Crippen molar-refractivity contribution >= 4 is 17.7 Å². The molecule has 0 radical (unpaired) electrons. The maximum atomic E-state index is 13.5. The molecule has 8 atom stereocenters. The van der Waals surface area contributed by atoms with Gasteiger partial charge in [-0.25, -0.2) is 0 Å². The molecule has 0 bridgehead atoms. The molecule has 198 valence electrons. The average molecular weight is 509 g/mol. The highest BCUT2D eigenvalue weighted by atomic mass is 16.6. The van der Waals surface area contributed by atoms with Crippen LogP contribution in [0.25, 0.3) is 0 Å². The lowest BCUT2D eigenvalue weighted by molar-refractivity contribution is -0.156. The van der Waals surface area contributed by atoms with Crippen LogP contribution in [0.3, 0.4) is 0 Å². The summed E-state index contributed by atoms with van der Waals surface area (Å²) in [4.78, 5) is 39.1. The number of carbonyl (C=O) groups excluding carboxylic acids is 3. The van der Waals surface area contributed by atoms with Gasteiger partial charge < -0.3 is 19.7 Å². The van der Waals surface area contributed by atoms with Gasteiger partial charge >= 0.3 is 11.9 Å². The number of rotatable bonds is 6. The predicted molar refractivity (Wildman–Crippen MR) is 135 cm³/mol. The molecule has 1 aliphatic heterocycles. The Morgan fingerprint density at radius 1 is 1.16 bits per heavy atom. The normalized spacial score (nSPS) is 38.5. The molecular formula is C30H36O7. The fourth-order valence-corrected chi connectivity index (χ4v) is 7.87. The van der Waals surface area contributed by atoms with Crippen LogP contribution in [-0.2, 0) is 30.5 Å². The predicted octanol–water partition coefficient (Wildman–Crippen LogP) is 3.63. The Balaban J connectivity index is 1.51. The van der Waals surface area contributed by atoms with Crippen molar-refractivity contribution in [2.24, 2.45) is 28.6 Å². The standard InChI is InChI=1S/C30H36O7/c1-16-20(18-7-5-17(15-31)6-8-18)13-23(32)21(16)11-19-12-24-27-29(2,28(35)37-24)10-9-25(33)30(27,3)22(19)14-26(34)36-4/h5-10,19-20,22-24,27,31-32H,11-15H2,1-4H3/t19-,20+,22?,23+,24+,27+,29-,30+/m1/s1. The summed E-state index contributed by atoms with van der Waals surface area (Å²) in [7, 11) is 1.35. The number of ketones is 1. The van der Waals surface area contributed by atoms with E-state index in [1.165, 1.54) is 13.2 Å². The van der Waals surface area contributed by atoms with Gasteiger partial charge in [0.1, 0.15) is 6.10 Å². The quantitative estimate of drug-likeness (QED) is 0.446. The van der Waals surface area contributed by atoms with E-state index < -0.39 is 23.0 Å². The molecule has 3 aliphatic carbocycles. The molecule has 1 saturated heterocycles. The summed E-state index contributed by atoms with van der Waals surface area (Å²) < 4.78 is 10.9. The second kappa shape index (κ2) is 9.21. The minimum atomic E-state index is -0.963. The van der Waals surface area contributed by atoms with Crippen LogP contribution in [0.5, 0.6) is 0 Å². The second-order valence-corrected chi connectivity index (χ2v) is 11.7. The molecule has 0 spiro atoms. The summed E-state index contributed by atoms with van der Waals surface area (Å²) in [6.45, 7) is 5.74. The van der Waals surface area contributed by atoms with Crippen molar-refractivity contribution in [3.05, 3.63) is 58.7 Å². The van der Waals surface area contributed by atoms with Crippen molar-refractivity contribution in [1.29, 1.82) is 0 Å². The fraction of sp³-hybridized carbons (Fsp3) is 0.567. The van der Waals surface area contributed by atoms with Crippen molar-refractivity contribution in [2.45, 2.75) is 71.2 Å². The summed E-state index contributed by atoms with van der Waals surface area (Å²) in [5.41, 5.74) is 2.08. The van der Waals surface area contributed by atoms with Crippen LogP contribution in [0.4, 0.5) is 0 Å². The van der Waals surface area contributed by atoms with Gasteiger partial charge in [-0.1, -0.05) is 42.8 Å². The molecule has 37 heavy (non-hydrogen) atoms. The number of aliphatic hydroxyl groups excluding tert-OH is 2. The molecule has 1 aromatic rings. The molecule has 5 rings (SSSR count). The molecule has 1 heterocycles. The largest absolute Gasteiger partial charge is 0.469 e. The monoisotopic (exact) mass is 508 g/mol. The summed E-state index contributed by atoms with van der Waals surface area (Å²) >= 11 is 0. The third-order valence-electron chi connectivity index (χ3n) is 9.90. The number of carbonyl (C=O) groups is 3. The van der Waals surface area contributed by atoms with Crippen LogP contribution in [0, 0.1) is 28.6 Å². The zero-order chi connectivity index (χ0) is 26.7. The van der Waals surface area contributed by atoms with Gasteiger partial charge in [-0.2, -0.15) is 0 Å². The maximum absolute atomic E-state index is 13.5. The van der Waals surface area contributed by atoms with E-state index in [1.807, 2.05) is 45.0 Å². The van der Waals surface area contributed by atoms with E-state index >= 15 is 0 Å². The van der Waals surface area contributed by atoms with E-state index in [9.17, 15) is 24.6 Å². The summed E-state index contributed by atoms with van der Waals surface area (Å²) in [6.07, 6.45) is 3.80. The van der Waals surface area contributed by atoms with Gasteiger partial charge in [0.25, 0.3) is 0 Å². The Morgan fingerprint density at radius 3 is 2.51 bits per heavy atom. The zero-order valence-electron chi connectivity index (χ0n) is 21.9. The van der Waals surface area contributed by atoms with Gasteiger partial charge in [0.2, 0.25) is 0 Å². The number of benzene rings is 1. The van der Waals surface area contributed by atoms with Gasteiger partial charge in [-0.3, -0.25) is 14.4 Å². The Morgan fingerprint density at radius 2 is 1.86 bits per heavy atom. The molecule has 2 N–H and O–H groups in total. The molecule has 1 unspecified atom stereocenters. The molecule has 0 aromatic heterocycles. The molecule has 1 saturated carbocycles. The van der Waals surface area contributed by atoms with E-state index in [1.54, 1.807) is 6.08 Å². The highest BCUT2D eigenvalue weighted by molar-refractivity contribution is 6.00. The summed E-state index contributed by atoms with van der Waals surface area (Å²) in [5.74, 6) is -1.60. The Hall–Kier alpha value is -2.77. The molecule has 4 aliphatic rings. The number of hydrogen-bond donors (Lipinski definition) is 2. The van der Waals surface area contributed by atoms with E-state index in [4.69, 9.17) is 9.47 Å². The summed E-state index contributed by atoms with van der Waals surface area (Å²) in [5, 5.41) is 20.5. The SMILES string of the molecule is COC(=O)CC1[C@H](CC2=C(C)[C@@H](c3ccc(CO)cc3)C[C@@H]2O)C[C@@H]2OC(=O)[C@]3(C)C=CC(=O)[C@@]1(C)[C@@H]23. The Bertz CT molecular complexity index is 1180. The first-order chi connectivity index (χ1) is 17.5. The van der Waals surface area contributed by atoms with Crippen LogP contribution in [0.15, 0.2) is 47.6 Å². The van der Waals surface area contributed by atoms with E-state index in [0.717, 1.165) is 22.3 Å². The van der Waals surface area contributed by atoms with Crippen molar-refractivity contribution in [1.82, 2.24) is 0 Å². The van der Waals surface area contributed by atoms with Crippen molar-refractivity contribution in [2.75, 3.05) is 7.11 Å². The number of allylic oxidation sites excluding steroid dienone is 2. The smallest absolute Gasteiger partial charge is 0.316 e. The lowest BCUT2D eigenvalue weighted by Gasteiger charge is -2.54. The maximum Gasteiger partial charge on any atom is 0.316 e. The van der Waals surface area contributed by atoms with Crippen molar-refractivity contribution < 1.29 is 34.1 Å². The van der Waals surface area contributed by atoms with Crippen molar-refractivity contribution in [3.8, 4) is 0 Å². The van der Waals surface area contributed by atoms with Crippen LogP contribution in [0.1, 0.15) is 63.5 Å². The topological polar surface area (TPSA) is 110 Å². The first-order valence-electron chi connectivity index (χ1n) is 13.1. The highest BCUT2D eigenvalue weighted by Gasteiger charge is 2.69. The number of aliphatic hydroxyl groups is 2. The zero-order valence-corrected chi connectivity index (χ0v) is 21.9. The van der Waals surface area contributed by atoms with Crippen LogP contribution >= 0.6 is 0 Å². The number of esters is 2. The van der Waals surface area contributed by atoms with Crippen LogP contribution in [-0.4, -0.2) is 47.3 Å². The first kappa shape index (κ1) is 25.9. The number of ether oxygens (including phenoxy) is 2. The highest BCUT2D eigenvalue weighted by Crippen LogP contribution is 2.63. The van der Waals surface area contributed by atoms with Gasteiger partial charge in [0.05, 0.1) is 25.2 Å². The lowest BCUT2D eigenvalue weighted by Crippen LogP contribution is -2.58. The molecule has 7 nitrogen and oxygen atoms in total. The van der Waals surface area contributed by atoms with E-state index in [2.05, 4.69) is 0 Å². The molecule has 7 heteroatoms. The third kappa shape index (κ3) is 3.89. The average Bonchev–Trinajstić information content (AvgIpc) is 3.31. The second-order valence-electron chi connectivity index (χ2n) is 11.7. The molecular weight excluding hydrogens is 472 g/mol. The van der Waals surface area contributed by atoms with E-state index in [-0.39, 0.29) is 54.4 Å². The minimum Gasteiger partial charge on any atom is -0.469 e. The fourth-order valence-electron chi connectivity index (χ4n) is 7.87. The van der Waals surface area contributed by atoms with Crippen molar-refractivity contribution in [3.63, 3.8) is 0 Å². The van der Waals surface area contributed by atoms with Crippen LogP contribution < -0.4 is 0 Å². The summed E-state index contributed by atoms with van der Waals surface area (Å²) in [6, 6.07) is 7.78. The van der Waals surface area contributed by atoms with Gasteiger partial charge in [-0.15, -0.1) is 0 Å². The minimum absolute atomic E-state index is 0.0185. The van der Waals surface area contributed by atoms with Gasteiger partial charge in [0, 0.05) is 23.7 Å². The molecule has 0 amide bonds. The lowest BCUT2D eigenvalue weighted by atomic mass is 9.46. The number of methoxy groups -OCH3 is 1. The molecule has 1 aromatic carbocycles. The Kier molecular flexibility index (Phi) is 6.44. The Labute approximate surface area is 217 Å². The van der Waals surface area contributed by atoms with E-state index in [0.29, 0.717) is 19.3 Å². The molecule has 2 fully saturated rings. The third-order valence-corrected chi connectivity index (χ3v) is 9.90. The number of hydrogen-bond acceptors (Lipinski definition) is 7. The van der Waals surface area contributed by atoms with Crippen LogP contribution in [0.2, 0.25) is 0 Å². The van der Waals surface area contributed by atoms with Gasteiger partial charge in [-0.05, 0) is 67.7 Å².